The second kappa shape index (κ2) is 6.20. The monoisotopic (exact) mass is 274 g/mol. The summed E-state index contributed by atoms with van der Waals surface area (Å²) < 4.78 is 14.1. The number of rotatable bonds is 4. The van der Waals surface area contributed by atoms with Gasteiger partial charge in [0.1, 0.15) is 0 Å². The first kappa shape index (κ1) is 14.2. The van der Waals surface area contributed by atoms with E-state index in [1.807, 2.05) is 0 Å². The Hall–Kier alpha value is -1.82. The van der Waals surface area contributed by atoms with Crippen LogP contribution in [0.3, 0.4) is 0 Å². The van der Waals surface area contributed by atoms with Crippen LogP contribution in [0.2, 0.25) is 0 Å². The van der Waals surface area contributed by atoms with Crippen molar-refractivity contribution in [3.63, 3.8) is 0 Å². The predicted molar refractivity (Wildman–Crippen MR) is 60.3 cm³/mol. The second-order valence-corrected chi connectivity index (χ2v) is 3.47. The lowest BCUT2D eigenvalue weighted by Gasteiger charge is -2.09. The number of esters is 3. The lowest BCUT2D eigenvalue weighted by atomic mass is 10.2. The van der Waals surface area contributed by atoms with E-state index in [2.05, 4.69) is 4.74 Å². The number of hydrogen-bond acceptors (Lipinski definition) is 6. The molecule has 18 heavy (non-hydrogen) atoms. The predicted octanol–water partition coefficient (Wildman–Crippen LogP) is 1.05. The van der Waals surface area contributed by atoms with Crippen molar-refractivity contribution in [3.05, 3.63) is 22.4 Å². The molecule has 7 heteroatoms. The summed E-state index contributed by atoms with van der Waals surface area (Å²) in [7, 11) is 0. The van der Waals surface area contributed by atoms with E-state index in [9.17, 15) is 14.4 Å². The number of cyclic esters (lactones) is 1. The smallest absolute Gasteiger partial charge is 0.349 e. The van der Waals surface area contributed by atoms with Crippen LogP contribution in [0.5, 0.6) is 0 Å². The maximum Gasteiger partial charge on any atom is 0.349 e. The van der Waals surface area contributed by atoms with Crippen molar-refractivity contribution in [2.24, 2.45) is 0 Å². The van der Waals surface area contributed by atoms with E-state index in [1.165, 1.54) is 0 Å². The van der Waals surface area contributed by atoms with E-state index in [4.69, 9.17) is 21.1 Å². The van der Waals surface area contributed by atoms with Crippen molar-refractivity contribution in [2.75, 3.05) is 13.2 Å². The summed E-state index contributed by atoms with van der Waals surface area (Å²) in [5.41, 5.74) is -0.522. The van der Waals surface area contributed by atoms with Gasteiger partial charge in [-0.25, -0.2) is 14.4 Å². The van der Waals surface area contributed by atoms with Crippen molar-refractivity contribution < 1.29 is 28.6 Å². The summed E-state index contributed by atoms with van der Waals surface area (Å²) in [6.07, 6.45) is 0.954. The lowest BCUT2D eigenvalue weighted by Crippen LogP contribution is -2.21. The zero-order chi connectivity index (χ0) is 13.7. The number of carbonyl (C=O) groups excluding carboxylic acids is 3. The minimum absolute atomic E-state index is 0.0598. The molecule has 0 aromatic heterocycles. The topological polar surface area (TPSA) is 78.9 Å². The van der Waals surface area contributed by atoms with E-state index >= 15 is 0 Å². The molecule has 0 aromatic carbocycles. The Bertz CT molecular complexity index is 428. The molecule has 98 valence electrons. The van der Waals surface area contributed by atoms with Crippen LogP contribution in [0.25, 0.3) is 0 Å². The lowest BCUT2D eigenvalue weighted by molar-refractivity contribution is -0.147. The van der Waals surface area contributed by atoms with Gasteiger partial charge in [0, 0.05) is 6.08 Å². The molecular weight excluding hydrogens is 264 g/mol. The molecule has 0 saturated heterocycles. The zero-order valence-electron chi connectivity index (χ0n) is 9.82. The van der Waals surface area contributed by atoms with Gasteiger partial charge in [0.15, 0.2) is 11.3 Å². The molecule has 1 heterocycles. The summed E-state index contributed by atoms with van der Waals surface area (Å²) in [6, 6.07) is 0. The van der Waals surface area contributed by atoms with Crippen LogP contribution in [0.4, 0.5) is 0 Å². The van der Waals surface area contributed by atoms with Gasteiger partial charge in [-0.2, -0.15) is 0 Å². The van der Waals surface area contributed by atoms with E-state index in [0.29, 0.717) is 0 Å². The second-order valence-electron chi connectivity index (χ2n) is 3.06. The molecule has 0 fully saturated rings. The fraction of sp³-hybridized carbons (Fsp3) is 0.364. The summed E-state index contributed by atoms with van der Waals surface area (Å²) in [5.74, 6) is -3.00. The molecule has 1 aliphatic rings. The van der Waals surface area contributed by atoms with Crippen molar-refractivity contribution in [1.82, 2.24) is 0 Å². The Kier molecular flexibility index (Phi) is 4.91. The molecular formula is C11H11ClO6. The Morgan fingerprint density at radius 1 is 1.22 bits per heavy atom. The van der Waals surface area contributed by atoms with Gasteiger partial charge in [0.25, 0.3) is 0 Å². The van der Waals surface area contributed by atoms with Crippen LogP contribution in [0, 0.1) is 0 Å². The first-order chi connectivity index (χ1) is 8.51. The average molecular weight is 275 g/mol. The molecule has 0 aliphatic carbocycles. The maximum atomic E-state index is 11.6. The van der Waals surface area contributed by atoms with Crippen LogP contribution in [-0.2, 0) is 28.6 Å². The van der Waals surface area contributed by atoms with Crippen molar-refractivity contribution in [2.45, 2.75) is 13.8 Å². The third-order valence-corrected chi connectivity index (χ3v) is 2.13. The normalized spacial score (nSPS) is 13.8. The fourth-order valence-electron chi connectivity index (χ4n) is 1.19. The molecule has 0 unspecified atom stereocenters. The highest BCUT2D eigenvalue weighted by molar-refractivity contribution is 6.35. The van der Waals surface area contributed by atoms with Gasteiger partial charge < -0.3 is 14.2 Å². The van der Waals surface area contributed by atoms with Crippen LogP contribution in [-0.4, -0.2) is 31.1 Å². The Labute approximate surface area is 108 Å². The molecule has 6 nitrogen and oxygen atoms in total. The van der Waals surface area contributed by atoms with E-state index in [1.54, 1.807) is 13.8 Å². The summed E-state index contributed by atoms with van der Waals surface area (Å²) >= 11 is 5.70. The van der Waals surface area contributed by atoms with Crippen LogP contribution >= 0.6 is 11.6 Å². The quantitative estimate of drug-likeness (QED) is 0.251. The number of allylic oxidation sites excluding steroid dienone is 1. The van der Waals surface area contributed by atoms with Crippen LogP contribution in [0.15, 0.2) is 22.4 Å². The van der Waals surface area contributed by atoms with Gasteiger partial charge in [0.05, 0.1) is 18.2 Å². The van der Waals surface area contributed by atoms with Crippen molar-refractivity contribution in [3.8, 4) is 0 Å². The Morgan fingerprint density at radius 2 is 1.72 bits per heavy atom. The van der Waals surface area contributed by atoms with Crippen molar-refractivity contribution >= 4 is 29.5 Å². The summed E-state index contributed by atoms with van der Waals surface area (Å²) in [4.78, 5) is 34.3. The molecule has 0 atom stereocenters. The first-order valence-electron chi connectivity index (χ1n) is 5.19. The van der Waals surface area contributed by atoms with Crippen LogP contribution < -0.4 is 0 Å². The van der Waals surface area contributed by atoms with Gasteiger partial charge >= 0.3 is 17.9 Å². The van der Waals surface area contributed by atoms with Gasteiger partial charge in [-0.15, -0.1) is 0 Å². The molecule has 1 aliphatic heterocycles. The molecule has 0 bridgehead atoms. The zero-order valence-corrected chi connectivity index (χ0v) is 10.6. The molecule has 1 rings (SSSR count). The molecule has 0 amide bonds. The third kappa shape index (κ3) is 3.10. The summed E-state index contributed by atoms with van der Waals surface area (Å²) in [6.45, 7) is 3.27. The molecule has 0 spiro atoms. The molecule has 0 radical (unpaired) electrons. The van der Waals surface area contributed by atoms with Gasteiger partial charge in [-0.3, -0.25) is 0 Å². The van der Waals surface area contributed by atoms with E-state index in [0.717, 1.165) is 6.08 Å². The number of ether oxygens (including phenoxy) is 3. The maximum absolute atomic E-state index is 11.6. The Balaban J connectivity index is 3.16. The van der Waals surface area contributed by atoms with E-state index in [-0.39, 0.29) is 24.0 Å². The fourth-order valence-corrected chi connectivity index (χ4v) is 1.42. The minimum atomic E-state index is -0.952. The van der Waals surface area contributed by atoms with Gasteiger partial charge in [0.2, 0.25) is 0 Å². The minimum Gasteiger partial charge on any atom is -0.462 e. The first-order valence-corrected chi connectivity index (χ1v) is 5.56. The van der Waals surface area contributed by atoms with E-state index < -0.39 is 23.5 Å². The largest absolute Gasteiger partial charge is 0.462 e. The number of carbonyl (C=O) groups is 3. The standard InChI is InChI=1S/C11H11ClO6/c1-3-16-10(14)8(11(15)17-4-2)9-6(12)5-7(13)18-9/h5H,3-4H2,1-2H3. The van der Waals surface area contributed by atoms with Crippen LogP contribution in [0.1, 0.15) is 13.8 Å². The van der Waals surface area contributed by atoms with Crippen molar-refractivity contribution in [1.29, 1.82) is 0 Å². The van der Waals surface area contributed by atoms with Gasteiger partial charge in [-0.05, 0) is 13.8 Å². The van der Waals surface area contributed by atoms with Gasteiger partial charge in [-0.1, -0.05) is 11.6 Å². The highest BCUT2D eigenvalue weighted by atomic mass is 35.5. The number of hydrogen-bond donors (Lipinski definition) is 0. The Morgan fingerprint density at radius 3 is 2.06 bits per heavy atom. The third-order valence-electron chi connectivity index (χ3n) is 1.85. The SMILES string of the molecule is CCOC(=O)C(C(=O)OCC)=C1OC(=O)C=C1Cl. The number of halogens is 1. The molecule has 0 N–H and O–H groups in total. The highest BCUT2D eigenvalue weighted by Crippen LogP contribution is 2.27. The molecule has 0 aromatic rings. The highest BCUT2D eigenvalue weighted by Gasteiger charge is 2.33. The summed E-state index contributed by atoms with van der Waals surface area (Å²) in [5, 5.41) is -0.142. The molecule has 0 saturated carbocycles. The average Bonchev–Trinajstić information content (AvgIpc) is 2.59.